The molecule has 0 saturated carbocycles. The van der Waals surface area contributed by atoms with E-state index in [1.165, 1.54) is 4.40 Å². The topological polar surface area (TPSA) is 3.88 Å². The van der Waals surface area contributed by atoms with Gasteiger partial charge >= 0.3 is 154 Å². The van der Waals surface area contributed by atoms with Gasteiger partial charge in [0.2, 0.25) is 0 Å². The Morgan fingerprint density at radius 2 is 1.67 bits per heavy atom. The summed E-state index contributed by atoms with van der Waals surface area (Å²) in [5.41, 5.74) is 5.27. The van der Waals surface area contributed by atoms with Crippen molar-refractivity contribution in [2.45, 2.75) is 25.3 Å². The first-order valence-electron chi connectivity index (χ1n) is 9.69. The van der Waals surface area contributed by atoms with E-state index in [1.54, 1.807) is 0 Å². The molecule has 1 aromatic heterocycles. The molecular formula is C22H25GeN+. The van der Waals surface area contributed by atoms with E-state index in [0.717, 1.165) is 27.9 Å². The van der Waals surface area contributed by atoms with Crippen LogP contribution in [0.1, 0.15) is 15.2 Å². The summed E-state index contributed by atoms with van der Waals surface area (Å²) in [6, 6.07) is 18.0. The summed E-state index contributed by atoms with van der Waals surface area (Å²) in [7, 11) is 2.07. The second-order valence-corrected chi connectivity index (χ2v) is 11.9. The Hall–Kier alpha value is -1.87. The Bertz CT molecular complexity index is 963. The molecule has 1 nitrogen and oxygen atoms in total. The van der Waals surface area contributed by atoms with Gasteiger partial charge in [0.1, 0.15) is 0 Å². The zero-order chi connectivity index (χ0) is 19.8. The minimum atomic E-state index is -2.15. The van der Waals surface area contributed by atoms with E-state index in [0.29, 0.717) is 5.56 Å². The van der Waals surface area contributed by atoms with Crippen molar-refractivity contribution in [3.63, 3.8) is 0 Å². The Kier molecular flexibility index (Phi) is 3.88. The monoisotopic (exact) mass is 380 g/mol. The van der Waals surface area contributed by atoms with Crippen molar-refractivity contribution in [1.29, 1.82) is 0 Å². The molecule has 2 aromatic carbocycles. The van der Waals surface area contributed by atoms with Crippen LogP contribution in [-0.4, -0.2) is 14.3 Å². The molecule has 0 N–H and O–H groups in total. The molecular weight excluding hydrogens is 351 g/mol. The molecule has 0 fully saturated rings. The van der Waals surface area contributed by atoms with Crippen molar-refractivity contribution in [1.82, 2.24) is 0 Å². The van der Waals surface area contributed by atoms with Crippen LogP contribution in [0.5, 0.6) is 0 Å². The normalized spacial score (nSPS) is 13.5. The number of pyridine rings is 1. The average molecular weight is 379 g/mol. The van der Waals surface area contributed by atoms with Gasteiger partial charge in [-0.3, -0.25) is 0 Å². The standard InChI is InChI=1S/C22H25GeN/c1-16-13-17(2)21(14-20(16)18-9-7-6-8-10-18)22-12-11-19(23(3)4)15-24(22)5/h6-15H,1-5H3/q+1/i1D3. The van der Waals surface area contributed by atoms with Gasteiger partial charge in [0.15, 0.2) is 0 Å². The Balaban J connectivity index is 2.24. The zero-order valence-corrected chi connectivity index (χ0v) is 16.8. The average Bonchev–Trinajstić information content (AvgIpc) is 2.61. The molecule has 0 aliphatic rings. The van der Waals surface area contributed by atoms with Crippen molar-refractivity contribution in [2.24, 2.45) is 7.05 Å². The van der Waals surface area contributed by atoms with Crippen molar-refractivity contribution >= 4 is 18.7 Å². The third kappa shape index (κ3) is 3.32. The third-order valence-corrected chi connectivity index (χ3v) is 7.48. The molecule has 0 aliphatic carbocycles. The molecule has 0 amide bonds. The molecule has 0 atom stereocenters. The first kappa shape index (κ1) is 13.4. The van der Waals surface area contributed by atoms with E-state index in [1.807, 2.05) is 49.4 Å². The van der Waals surface area contributed by atoms with Gasteiger partial charge in [0.05, 0.1) is 0 Å². The summed E-state index contributed by atoms with van der Waals surface area (Å²) in [6.07, 6.45) is 2.23. The van der Waals surface area contributed by atoms with Crippen molar-refractivity contribution in [2.75, 3.05) is 0 Å². The molecule has 1 heterocycles. The summed E-state index contributed by atoms with van der Waals surface area (Å²) in [5.74, 6) is 4.69. The second kappa shape index (κ2) is 6.94. The molecule has 121 valence electrons. The zero-order valence-electron chi connectivity index (χ0n) is 17.7. The fourth-order valence-corrected chi connectivity index (χ4v) is 4.85. The quantitative estimate of drug-likeness (QED) is 0.469. The van der Waals surface area contributed by atoms with Crippen LogP contribution in [0.25, 0.3) is 22.4 Å². The summed E-state index contributed by atoms with van der Waals surface area (Å²) >= 11 is -1.13. The number of hydrogen-bond donors (Lipinski definition) is 0. The van der Waals surface area contributed by atoms with E-state index < -0.39 is 21.2 Å². The van der Waals surface area contributed by atoms with Crippen LogP contribution in [0.3, 0.4) is 0 Å². The summed E-state index contributed by atoms with van der Waals surface area (Å²) in [6.45, 7) is -0.156. The van der Waals surface area contributed by atoms with E-state index in [-0.39, 0.29) is 0 Å². The van der Waals surface area contributed by atoms with E-state index >= 15 is 0 Å². The Morgan fingerprint density at radius 3 is 2.29 bits per heavy atom. The van der Waals surface area contributed by atoms with Crippen LogP contribution < -0.4 is 8.96 Å². The first-order valence-corrected chi connectivity index (χ1v) is 13.4. The number of aryl methyl sites for hydroxylation is 3. The Labute approximate surface area is 154 Å². The molecule has 3 rings (SSSR count). The summed E-state index contributed by atoms with van der Waals surface area (Å²) < 4.78 is 27.6. The van der Waals surface area contributed by atoms with E-state index in [4.69, 9.17) is 4.11 Å². The second-order valence-electron chi connectivity index (χ2n) is 6.49. The molecule has 0 aliphatic heterocycles. The minimum absolute atomic E-state index is 0.408. The van der Waals surface area contributed by atoms with Crippen LogP contribution in [0, 0.1) is 13.8 Å². The predicted octanol–water partition coefficient (Wildman–Crippen LogP) is 4.42. The van der Waals surface area contributed by atoms with Gasteiger partial charge in [-0.05, 0) is 0 Å². The molecule has 0 bridgehead atoms. The van der Waals surface area contributed by atoms with E-state index in [9.17, 15) is 0 Å². The van der Waals surface area contributed by atoms with Gasteiger partial charge in [-0.15, -0.1) is 0 Å². The van der Waals surface area contributed by atoms with Gasteiger partial charge in [-0.2, -0.15) is 0 Å². The van der Waals surface area contributed by atoms with Crippen LogP contribution in [0.4, 0.5) is 0 Å². The van der Waals surface area contributed by atoms with Crippen molar-refractivity contribution in [3.8, 4) is 22.4 Å². The van der Waals surface area contributed by atoms with Crippen molar-refractivity contribution < 1.29 is 8.68 Å². The molecule has 3 aromatic rings. The van der Waals surface area contributed by atoms with Crippen LogP contribution in [0.2, 0.25) is 11.5 Å². The molecule has 2 heteroatoms. The number of hydrogen-bond acceptors (Lipinski definition) is 0. The maximum absolute atomic E-state index is 7.99. The predicted molar refractivity (Wildman–Crippen MR) is 105 cm³/mol. The maximum atomic E-state index is 7.99. The van der Waals surface area contributed by atoms with Crippen molar-refractivity contribution in [3.05, 3.63) is 71.9 Å². The molecule has 0 spiro atoms. The fourth-order valence-electron chi connectivity index (χ4n) is 3.02. The fraction of sp³-hybridized carbons (Fsp3) is 0.227. The molecule has 0 unspecified atom stereocenters. The van der Waals surface area contributed by atoms with Gasteiger partial charge in [0, 0.05) is 0 Å². The van der Waals surface area contributed by atoms with Gasteiger partial charge in [0.25, 0.3) is 0 Å². The molecule has 1 radical (unpaired) electrons. The third-order valence-electron chi connectivity index (χ3n) is 4.44. The van der Waals surface area contributed by atoms with Gasteiger partial charge < -0.3 is 0 Å². The SMILES string of the molecule is [2H]C([2H])([2H])c1cc(C)c(-c2cc[c]([Ge]([CH3])[CH3])c[n+]2C)cc1-c1ccccc1. The number of nitrogens with zero attached hydrogens (tertiary/aromatic N) is 1. The first-order chi connectivity index (χ1) is 12.7. The van der Waals surface area contributed by atoms with Crippen LogP contribution in [0.15, 0.2) is 60.8 Å². The Morgan fingerprint density at radius 1 is 0.917 bits per heavy atom. The summed E-state index contributed by atoms with van der Waals surface area (Å²) in [4.78, 5) is 0. The molecule has 24 heavy (non-hydrogen) atoms. The van der Waals surface area contributed by atoms with Crippen LogP contribution in [-0.2, 0) is 7.05 Å². The van der Waals surface area contributed by atoms with Crippen LogP contribution >= 0.6 is 0 Å². The van der Waals surface area contributed by atoms with Gasteiger partial charge in [-0.25, -0.2) is 0 Å². The van der Waals surface area contributed by atoms with E-state index in [2.05, 4.69) is 41.5 Å². The number of aromatic nitrogens is 1. The molecule has 0 saturated heterocycles. The van der Waals surface area contributed by atoms with Gasteiger partial charge in [-0.1, -0.05) is 0 Å². The number of rotatable bonds is 3. The summed E-state index contributed by atoms with van der Waals surface area (Å²) in [5, 5.41) is 0. The number of benzene rings is 2.